The molecule has 1 unspecified atom stereocenters. The van der Waals surface area contributed by atoms with Gasteiger partial charge in [-0.2, -0.15) is 0 Å². The summed E-state index contributed by atoms with van der Waals surface area (Å²) in [5, 5.41) is 3.92. The minimum Gasteiger partial charge on any atom is -0.479 e. The van der Waals surface area contributed by atoms with Crippen molar-refractivity contribution in [1.29, 1.82) is 0 Å². The van der Waals surface area contributed by atoms with Gasteiger partial charge >= 0.3 is 5.69 Å². The molecule has 1 aliphatic carbocycles. The molecule has 12 heteroatoms. The third-order valence-corrected chi connectivity index (χ3v) is 6.02. The molecule has 3 aromatic heterocycles. The molecular formula is C23H25FN6O5. The molecule has 5 rings (SSSR count). The van der Waals surface area contributed by atoms with E-state index in [1.807, 2.05) is 0 Å². The lowest BCUT2D eigenvalue weighted by atomic mass is 10.3. The summed E-state index contributed by atoms with van der Waals surface area (Å²) in [6, 6.07) is 4.54. The molecule has 0 N–H and O–H groups in total. The van der Waals surface area contributed by atoms with Gasteiger partial charge in [-0.3, -0.25) is 9.59 Å². The number of halogens is 1. The van der Waals surface area contributed by atoms with Crippen molar-refractivity contribution in [3.8, 4) is 11.6 Å². The van der Waals surface area contributed by atoms with E-state index in [-0.39, 0.29) is 36.2 Å². The lowest BCUT2D eigenvalue weighted by Gasteiger charge is -2.17. The van der Waals surface area contributed by atoms with Crippen LogP contribution in [0.25, 0.3) is 5.65 Å². The summed E-state index contributed by atoms with van der Waals surface area (Å²) >= 11 is 0. The van der Waals surface area contributed by atoms with Crippen LogP contribution in [0.15, 0.2) is 35.4 Å². The minimum absolute atomic E-state index is 0.202. The SMILES string of the molecule is CN(C)C(=O)Cn1nc2c(F)cc(N3CCC(Oc4ccc(OCC5CC5)nc4)C3=O)cn2c1=O. The van der Waals surface area contributed by atoms with E-state index in [1.54, 1.807) is 26.2 Å². The molecule has 1 aliphatic heterocycles. The Morgan fingerprint density at radius 2 is 2.03 bits per heavy atom. The summed E-state index contributed by atoms with van der Waals surface area (Å²) in [6.45, 7) is 0.615. The maximum absolute atomic E-state index is 14.8. The molecule has 0 aromatic carbocycles. The summed E-state index contributed by atoms with van der Waals surface area (Å²) in [5.74, 6) is 0.0478. The van der Waals surface area contributed by atoms with Crippen molar-refractivity contribution in [3.63, 3.8) is 0 Å². The lowest BCUT2D eigenvalue weighted by molar-refractivity contribution is -0.129. The second-order valence-electron chi connectivity index (χ2n) is 8.94. The standard InChI is InChI=1S/C23H25FN6O5/c1-27(2)20(31)12-30-23(33)29-11-15(9-17(24)21(29)26-30)28-8-7-18(22(28)32)35-16-5-6-19(25-10-16)34-13-14-3-4-14/h5-6,9-11,14,18H,3-4,7-8,12-13H2,1-2H3. The average molecular weight is 484 g/mol. The Kier molecular flexibility index (Phi) is 5.87. The molecular weight excluding hydrogens is 459 g/mol. The Morgan fingerprint density at radius 1 is 1.23 bits per heavy atom. The summed E-state index contributed by atoms with van der Waals surface area (Å²) in [5.41, 5.74) is -0.695. The summed E-state index contributed by atoms with van der Waals surface area (Å²) in [4.78, 5) is 44.5. The molecule has 1 saturated heterocycles. The molecule has 35 heavy (non-hydrogen) atoms. The highest BCUT2D eigenvalue weighted by atomic mass is 19.1. The molecule has 0 spiro atoms. The van der Waals surface area contributed by atoms with Gasteiger partial charge in [0.2, 0.25) is 11.8 Å². The second-order valence-corrected chi connectivity index (χ2v) is 8.94. The zero-order chi connectivity index (χ0) is 24.7. The molecule has 0 radical (unpaired) electrons. The first-order valence-corrected chi connectivity index (χ1v) is 11.4. The molecule has 184 valence electrons. The van der Waals surface area contributed by atoms with Crippen molar-refractivity contribution >= 4 is 23.1 Å². The first-order valence-electron chi connectivity index (χ1n) is 11.4. The second kappa shape index (κ2) is 9.01. The largest absolute Gasteiger partial charge is 0.479 e. The first-order chi connectivity index (χ1) is 16.8. The van der Waals surface area contributed by atoms with Crippen LogP contribution in [0.1, 0.15) is 19.3 Å². The van der Waals surface area contributed by atoms with Gasteiger partial charge in [0.15, 0.2) is 17.6 Å². The number of nitrogens with zero attached hydrogens (tertiary/aromatic N) is 6. The monoisotopic (exact) mass is 484 g/mol. The highest BCUT2D eigenvalue weighted by Crippen LogP contribution is 2.30. The van der Waals surface area contributed by atoms with Gasteiger partial charge < -0.3 is 19.3 Å². The maximum atomic E-state index is 14.8. The Morgan fingerprint density at radius 3 is 2.71 bits per heavy atom. The number of carbonyl (C=O) groups excluding carboxylic acids is 2. The van der Waals surface area contributed by atoms with E-state index in [4.69, 9.17) is 9.47 Å². The Bertz CT molecular complexity index is 1330. The zero-order valence-electron chi connectivity index (χ0n) is 19.4. The van der Waals surface area contributed by atoms with Gasteiger partial charge in [0.25, 0.3) is 5.91 Å². The van der Waals surface area contributed by atoms with E-state index in [0.29, 0.717) is 30.6 Å². The van der Waals surface area contributed by atoms with E-state index in [0.717, 1.165) is 15.1 Å². The van der Waals surface area contributed by atoms with Crippen LogP contribution in [0.5, 0.6) is 11.6 Å². The van der Waals surface area contributed by atoms with Crippen LogP contribution in [0, 0.1) is 11.7 Å². The molecule has 0 bridgehead atoms. The molecule has 2 amide bonds. The Hall–Kier alpha value is -3.96. The predicted octanol–water partition coefficient (Wildman–Crippen LogP) is 1.09. The van der Waals surface area contributed by atoms with E-state index in [1.165, 1.54) is 35.0 Å². The van der Waals surface area contributed by atoms with Gasteiger partial charge in [-0.1, -0.05) is 0 Å². The van der Waals surface area contributed by atoms with Crippen LogP contribution in [0.3, 0.4) is 0 Å². The van der Waals surface area contributed by atoms with Gasteiger partial charge in [-0.05, 0) is 24.8 Å². The number of hydrogen-bond donors (Lipinski definition) is 0. The van der Waals surface area contributed by atoms with Gasteiger partial charge in [0, 0.05) is 45.4 Å². The summed E-state index contributed by atoms with van der Waals surface area (Å²) < 4.78 is 28.1. The average Bonchev–Trinajstić information content (AvgIpc) is 3.53. The molecule has 1 atom stereocenters. The normalized spacial score (nSPS) is 17.7. The molecule has 2 fully saturated rings. The smallest absolute Gasteiger partial charge is 0.350 e. The quantitative estimate of drug-likeness (QED) is 0.471. The van der Waals surface area contributed by atoms with E-state index in [2.05, 4.69) is 10.1 Å². The van der Waals surface area contributed by atoms with Crippen LogP contribution in [-0.2, 0) is 16.1 Å². The third kappa shape index (κ3) is 4.68. The topological polar surface area (TPSA) is 111 Å². The first kappa shape index (κ1) is 22.8. The number of fused-ring (bicyclic) bond motifs is 1. The summed E-state index contributed by atoms with van der Waals surface area (Å²) in [7, 11) is 3.10. The number of anilines is 1. The highest BCUT2D eigenvalue weighted by Gasteiger charge is 2.35. The number of hydrogen-bond acceptors (Lipinski definition) is 7. The van der Waals surface area contributed by atoms with Crippen LogP contribution in [-0.4, -0.2) is 69.2 Å². The Balaban J connectivity index is 1.30. The van der Waals surface area contributed by atoms with Gasteiger partial charge in [0.1, 0.15) is 12.3 Å². The van der Waals surface area contributed by atoms with Crippen LogP contribution in [0.4, 0.5) is 10.1 Å². The van der Waals surface area contributed by atoms with Crippen molar-refractivity contribution in [2.24, 2.45) is 5.92 Å². The third-order valence-electron chi connectivity index (χ3n) is 6.02. The maximum Gasteiger partial charge on any atom is 0.350 e. The van der Waals surface area contributed by atoms with E-state index < -0.39 is 17.6 Å². The lowest BCUT2D eigenvalue weighted by Crippen LogP contribution is -2.33. The van der Waals surface area contributed by atoms with Crippen molar-refractivity contribution in [3.05, 3.63) is 46.9 Å². The fourth-order valence-electron chi connectivity index (χ4n) is 3.78. The van der Waals surface area contributed by atoms with E-state index >= 15 is 0 Å². The number of rotatable bonds is 8. The minimum atomic E-state index is -0.779. The van der Waals surface area contributed by atoms with Crippen LogP contribution >= 0.6 is 0 Å². The van der Waals surface area contributed by atoms with Crippen LogP contribution in [0.2, 0.25) is 0 Å². The fourth-order valence-corrected chi connectivity index (χ4v) is 3.78. The number of pyridine rings is 2. The number of amides is 2. The highest BCUT2D eigenvalue weighted by molar-refractivity contribution is 5.99. The number of likely N-dealkylation sites (N-methyl/N-ethyl adjacent to an activating group) is 1. The zero-order valence-corrected chi connectivity index (χ0v) is 19.4. The number of aromatic nitrogens is 4. The molecule has 1 saturated carbocycles. The van der Waals surface area contributed by atoms with Crippen molar-refractivity contribution < 1.29 is 23.5 Å². The molecule has 3 aromatic rings. The molecule has 11 nitrogen and oxygen atoms in total. The van der Waals surface area contributed by atoms with Crippen molar-refractivity contribution in [2.45, 2.75) is 31.9 Å². The van der Waals surface area contributed by atoms with Crippen molar-refractivity contribution in [2.75, 3.05) is 32.1 Å². The molecule has 2 aliphatic rings. The number of ether oxygens (including phenoxy) is 2. The van der Waals surface area contributed by atoms with Gasteiger partial charge in [0.05, 0.1) is 18.5 Å². The fraction of sp³-hybridized carbons (Fsp3) is 0.435. The van der Waals surface area contributed by atoms with E-state index in [9.17, 15) is 18.8 Å². The van der Waals surface area contributed by atoms with Crippen LogP contribution < -0.4 is 20.1 Å². The molecule has 4 heterocycles. The van der Waals surface area contributed by atoms with Crippen molar-refractivity contribution in [1.82, 2.24) is 24.1 Å². The number of carbonyl (C=O) groups is 2. The summed E-state index contributed by atoms with van der Waals surface area (Å²) in [6.07, 6.45) is 4.83. The van der Waals surface area contributed by atoms with Gasteiger partial charge in [-0.15, -0.1) is 5.10 Å². The van der Waals surface area contributed by atoms with Gasteiger partial charge in [-0.25, -0.2) is 23.3 Å². The predicted molar refractivity (Wildman–Crippen MR) is 122 cm³/mol. The Labute approximate surface area is 199 Å².